The number of nitrogens with one attached hydrogen (secondary N) is 1. The average molecular weight is 341 g/mol. The highest BCUT2D eigenvalue weighted by Gasteiger charge is 2.04. The molecular weight excluding hydrogens is 310 g/mol. The lowest BCUT2D eigenvalue weighted by Gasteiger charge is -2.14. The molecule has 2 aromatic carbocycles. The summed E-state index contributed by atoms with van der Waals surface area (Å²) >= 11 is 0. The molecule has 1 N–H and O–H groups in total. The molecule has 3 heteroatoms. The predicted molar refractivity (Wildman–Crippen MR) is 106 cm³/mol. The minimum atomic E-state index is 0.195. The van der Waals surface area contributed by atoms with Gasteiger partial charge < -0.3 is 14.8 Å². The number of hydrogen-bond acceptors (Lipinski definition) is 3. The molecule has 0 aliphatic carbocycles. The third-order valence-electron chi connectivity index (χ3n) is 3.94. The Kier molecular flexibility index (Phi) is 8.17. The van der Waals surface area contributed by atoms with E-state index < -0.39 is 0 Å². The van der Waals surface area contributed by atoms with Crippen molar-refractivity contribution in [3.8, 4) is 11.5 Å². The molecule has 3 nitrogen and oxygen atoms in total. The van der Waals surface area contributed by atoms with Crippen molar-refractivity contribution in [1.82, 2.24) is 0 Å². The Hall–Kier alpha value is -2.16. The number of para-hydroxylation sites is 1. The van der Waals surface area contributed by atoms with Gasteiger partial charge in [0, 0.05) is 17.8 Å². The van der Waals surface area contributed by atoms with E-state index in [1.807, 2.05) is 44.2 Å². The maximum Gasteiger partial charge on any atom is 0.124 e. The summed E-state index contributed by atoms with van der Waals surface area (Å²) in [5.41, 5.74) is 2.26. The lowest BCUT2D eigenvalue weighted by molar-refractivity contribution is 0.242. The van der Waals surface area contributed by atoms with Crippen LogP contribution in [0.25, 0.3) is 0 Å². The topological polar surface area (TPSA) is 30.5 Å². The van der Waals surface area contributed by atoms with Gasteiger partial charge in [0.05, 0.1) is 12.7 Å². The van der Waals surface area contributed by atoms with E-state index in [1.165, 1.54) is 24.8 Å². The zero-order valence-electron chi connectivity index (χ0n) is 15.8. The van der Waals surface area contributed by atoms with Gasteiger partial charge in [-0.2, -0.15) is 0 Å². The third kappa shape index (κ3) is 7.08. The van der Waals surface area contributed by atoms with Crippen molar-refractivity contribution in [1.29, 1.82) is 0 Å². The van der Waals surface area contributed by atoms with Gasteiger partial charge in [-0.15, -0.1) is 0 Å². The fourth-order valence-corrected chi connectivity index (χ4v) is 2.62. The number of benzene rings is 2. The first-order valence-corrected chi connectivity index (χ1v) is 9.40. The first kappa shape index (κ1) is 19.2. The van der Waals surface area contributed by atoms with Crippen LogP contribution in [0.3, 0.4) is 0 Å². The van der Waals surface area contributed by atoms with E-state index in [0.29, 0.717) is 0 Å². The maximum atomic E-state index is 5.97. The van der Waals surface area contributed by atoms with Crippen molar-refractivity contribution in [2.24, 2.45) is 0 Å². The molecule has 0 aliphatic heterocycles. The maximum absolute atomic E-state index is 5.97. The summed E-state index contributed by atoms with van der Waals surface area (Å²) in [7, 11) is 0. The third-order valence-corrected chi connectivity index (χ3v) is 3.94. The Morgan fingerprint density at radius 1 is 0.920 bits per heavy atom. The van der Waals surface area contributed by atoms with Gasteiger partial charge in [-0.05, 0) is 50.6 Å². The highest BCUT2D eigenvalue weighted by molar-refractivity contribution is 5.48. The summed E-state index contributed by atoms with van der Waals surface area (Å²) in [4.78, 5) is 0. The van der Waals surface area contributed by atoms with Crippen LogP contribution in [0.5, 0.6) is 11.5 Å². The molecule has 0 amide bonds. The lowest BCUT2D eigenvalue weighted by atomic mass is 10.2. The van der Waals surface area contributed by atoms with Gasteiger partial charge in [-0.25, -0.2) is 0 Å². The van der Waals surface area contributed by atoms with Gasteiger partial charge in [-0.1, -0.05) is 44.4 Å². The number of rotatable bonds is 11. The van der Waals surface area contributed by atoms with Crippen molar-refractivity contribution < 1.29 is 9.47 Å². The molecule has 2 aromatic rings. The number of unbranched alkanes of at least 4 members (excludes halogenated alkanes) is 3. The lowest BCUT2D eigenvalue weighted by Crippen LogP contribution is -2.06. The van der Waals surface area contributed by atoms with Crippen molar-refractivity contribution in [3.05, 3.63) is 54.1 Å². The fraction of sp³-hybridized carbons (Fsp3) is 0.455. The standard InChI is InChI=1S/C22H31NO2/c1-4-5-6-9-16-24-22-11-8-7-10-19(22)17-23-20-12-14-21(15-13-20)25-18(2)3/h7-8,10-15,18,23H,4-6,9,16-17H2,1-3H3. The molecular formula is C22H31NO2. The Bertz CT molecular complexity index is 608. The van der Waals surface area contributed by atoms with Crippen LogP contribution >= 0.6 is 0 Å². The summed E-state index contributed by atoms with van der Waals surface area (Å²) in [6, 6.07) is 16.3. The van der Waals surface area contributed by atoms with E-state index in [0.717, 1.165) is 36.8 Å². The molecule has 2 rings (SSSR count). The van der Waals surface area contributed by atoms with Crippen LogP contribution < -0.4 is 14.8 Å². The zero-order valence-corrected chi connectivity index (χ0v) is 15.8. The molecule has 0 fully saturated rings. The summed E-state index contributed by atoms with van der Waals surface area (Å²) in [5.74, 6) is 1.88. The molecule has 25 heavy (non-hydrogen) atoms. The Morgan fingerprint density at radius 2 is 1.68 bits per heavy atom. The highest BCUT2D eigenvalue weighted by atomic mass is 16.5. The fourth-order valence-electron chi connectivity index (χ4n) is 2.62. The molecule has 0 saturated carbocycles. The van der Waals surface area contributed by atoms with Crippen LogP contribution in [-0.2, 0) is 6.54 Å². The van der Waals surface area contributed by atoms with Gasteiger partial charge in [-0.3, -0.25) is 0 Å². The summed E-state index contributed by atoms with van der Waals surface area (Å²) in [5, 5.41) is 3.46. The van der Waals surface area contributed by atoms with Crippen molar-refractivity contribution in [3.63, 3.8) is 0 Å². The van der Waals surface area contributed by atoms with Gasteiger partial charge in [0.25, 0.3) is 0 Å². The predicted octanol–water partition coefficient (Wildman–Crippen LogP) is 6.05. The van der Waals surface area contributed by atoms with E-state index in [1.54, 1.807) is 0 Å². The van der Waals surface area contributed by atoms with E-state index in [9.17, 15) is 0 Å². The molecule has 0 aromatic heterocycles. The van der Waals surface area contributed by atoms with Gasteiger partial charge in [0.15, 0.2) is 0 Å². The summed E-state index contributed by atoms with van der Waals surface area (Å²) < 4.78 is 11.7. The largest absolute Gasteiger partial charge is 0.493 e. The minimum absolute atomic E-state index is 0.195. The number of anilines is 1. The zero-order chi connectivity index (χ0) is 17.9. The molecule has 0 heterocycles. The van der Waals surface area contributed by atoms with Crippen molar-refractivity contribution in [2.45, 2.75) is 59.1 Å². The van der Waals surface area contributed by atoms with E-state index >= 15 is 0 Å². The smallest absolute Gasteiger partial charge is 0.124 e. The van der Waals surface area contributed by atoms with Gasteiger partial charge in [0.2, 0.25) is 0 Å². The minimum Gasteiger partial charge on any atom is -0.493 e. The molecule has 0 bridgehead atoms. The highest BCUT2D eigenvalue weighted by Crippen LogP contribution is 2.21. The number of ether oxygens (including phenoxy) is 2. The molecule has 0 aliphatic rings. The Labute approximate surface area is 152 Å². The second-order valence-corrected chi connectivity index (χ2v) is 6.56. The Balaban J connectivity index is 1.85. The molecule has 0 atom stereocenters. The van der Waals surface area contributed by atoms with Crippen LogP contribution in [0.2, 0.25) is 0 Å². The molecule has 0 spiro atoms. The van der Waals surface area contributed by atoms with Crippen LogP contribution in [0.15, 0.2) is 48.5 Å². The molecule has 0 radical (unpaired) electrons. The van der Waals surface area contributed by atoms with Crippen molar-refractivity contribution in [2.75, 3.05) is 11.9 Å². The summed E-state index contributed by atoms with van der Waals surface area (Å²) in [6.45, 7) is 7.83. The average Bonchev–Trinajstić information content (AvgIpc) is 2.61. The molecule has 0 unspecified atom stereocenters. The monoisotopic (exact) mass is 341 g/mol. The second kappa shape index (κ2) is 10.7. The normalized spacial score (nSPS) is 10.7. The van der Waals surface area contributed by atoms with Gasteiger partial charge >= 0.3 is 0 Å². The SMILES string of the molecule is CCCCCCOc1ccccc1CNc1ccc(OC(C)C)cc1. The van der Waals surface area contributed by atoms with Crippen LogP contribution in [-0.4, -0.2) is 12.7 Å². The van der Waals surface area contributed by atoms with Gasteiger partial charge in [0.1, 0.15) is 11.5 Å². The molecule has 136 valence electrons. The number of hydrogen-bond donors (Lipinski definition) is 1. The first-order valence-electron chi connectivity index (χ1n) is 9.40. The quantitative estimate of drug-likeness (QED) is 0.505. The van der Waals surface area contributed by atoms with E-state index in [2.05, 4.69) is 30.4 Å². The second-order valence-electron chi connectivity index (χ2n) is 6.56. The Morgan fingerprint density at radius 3 is 2.40 bits per heavy atom. The molecule has 0 saturated heterocycles. The van der Waals surface area contributed by atoms with E-state index in [-0.39, 0.29) is 6.10 Å². The van der Waals surface area contributed by atoms with Crippen LogP contribution in [0.1, 0.15) is 52.0 Å². The van der Waals surface area contributed by atoms with Crippen LogP contribution in [0, 0.1) is 0 Å². The van der Waals surface area contributed by atoms with Crippen LogP contribution in [0.4, 0.5) is 5.69 Å². The first-order chi connectivity index (χ1) is 12.2. The van der Waals surface area contributed by atoms with E-state index in [4.69, 9.17) is 9.47 Å². The van der Waals surface area contributed by atoms with Crippen molar-refractivity contribution >= 4 is 5.69 Å². The summed E-state index contributed by atoms with van der Waals surface area (Å²) in [6.07, 6.45) is 5.08.